The number of pyridine rings is 1. The highest BCUT2D eigenvalue weighted by atomic mass is 35.5. The standard InChI is InChI=1S/C19H18ClN3O2/c1-11-17-14(9-16(12-7-8-12)21-18(17)25-22-11)19(24)23(2)10-13-5-3-4-6-15(13)20/h3-6,9,12H,7-8,10H2,1-2H3. The van der Waals surface area contributed by atoms with Crippen LogP contribution in [0.5, 0.6) is 0 Å². The Kier molecular flexibility index (Phi) is 3.96. The number of aromatic nitrogens is 2. The lowest BCUT2D eigenvalue weighted by molar-refractivity contribution is 0.0787. The van der Waals surface area contributed by atoms with E-state index >= 15 is 0 Å². The van der Waals surface area contributed by atoms with Crippen molar-refractivity contribution in [1.82, 2.24) is 15.0 Å². The monoisotopic (exact) mass is 355 g/mol. The van der Waals surface area contributed by atoms with Crippen molar-refractivity contribution in [2.45, 2.75) is 32.2 Å². The van der Waals surface area contributed by atoms with Gasteiger partial charge in [0.05, 0.1) is 16.6 Å². The summed E-state index contributed by atoms with van der Waals surface area (Å²) in [4.78, 5) is 19.3. The summed E-state index contributed by atoms with van der Waals surface area (Å²) in [5, 5.41) is 5.34. The van der Waals surface area contributed by atoms with Crippen molar-refractivity contribution in [2.75, 3.05) is 7.05 Å². The second-order valence-electron chi connectivity index (χ2n) is 6.57. The minimum atomic E-state index is -0.0829. The van der Waals surface area contributed by atoms with Gasteiger partial charge in [0.2, 0.25) is 0 Å². The zero-order valence-corrected chi connectivity index (χ0v) is 14.9. The molecule has 0 saturated heterocycles. The van der Waals surface area contributed by atoms with Crippen LogP contribution in [0.25, 0.3) is 11.1 Å². The molecule has 1 aromatic carbocycles. The normalized spacial score (nSPS) is 14.0. The Morgan fingerprint density at radius 3 is 2.84 bits per heavy atom. The number of carbonyl (C=O) groups excluding carboxylic acids is 1. The summed E-state index contributed by atoms with van der Waals surface area (Å²) in [5.74, 6) is 0.343. The average molecular weight is 356 g/mol. The highest BCUT2D eigenvalue weighted by molar-refractivity contribution is 6.31. The first-order chi connectivity index (χ1) is 12.0. The van der Waals surface area contributed by atoms with Crippen LogP contribution in [-0.2, 0) is 6.54 Å². The summed E-state index contributed by atoms with van der Waals surface area (Å²) in [6.45, 7) is 2.26. The molecule has 1 aliphatic carbocycles. The molecule has 0 N–H and O–H groups in total. The second-order valence-corrected chi connectivity index (χ2v) is 6.98. The summed E-state index contributed by atoms with van der Waals surface area (Å²) in [6.07, 6.45) is 2.21. The van der Waals surface area contributed by atoms with Gasteiger partial charge in [-0.05, 0) is 37.5 Å². The molecule has 0 radical (unpaired) electrons. The predicted octanol–water partition coefficient (Wildman–Crippen LogP) is 4.33. The lowest BCUT2D eigenvalue weighted by Gasteiger charge is -2.19. The van der Waals surface area contributed by atoms with Gasteiger partial charge in [-0.3, -0.25) is 4.79 Å². The van der Waals surface area contributed by atoms with Crippen LogP contribution >= 0.6 is 11.6 Å². The Morgan fingerprint density at radius 1 is 1.36 bits per heavy atom. The van der Waals surface area contributed by atoms with Crippen LogP contribution < -0.4 is 0 Å². The van der Waals surface area contributed by atoms with Crippen LogP contribution in [0, 0.1) is 6.92 Å². The molecule has 1 saturated carbocycles. The van der Waals surface area contributed by atoms with Crippen molar-refractivity contribution in [3.05, 3.63) is 57.9 Å². The third kappa shape index (κ3) is 3.00. The van der Waals surface area contributed by atoms with Crippen LogP contribution in [0.15, 0.2) is 34.9 Å². The fraction of sp³-hybridized carbons (Fsp3) is 0.316. The van der Waals surface area contributed by atoms with E-state index in [2.05, 4.69) is 10.1 Å². The fourth-order valence-corrected chi connectivity index (χ4v) is 3.23. The Bertz CT molecular complexity index is 962. The molecule has 3 aromatic rings. The molecule has 6 heteroatoms. The number of aryl methyl sites for hydroxylation is 1. The zero-order chi connectivity index (χ0) is 17.6. The van der Waals surface area contributed by atoms with Gasteiger partial charge in [-0.25, -0.2) is 4.98 Å². The van der Waals surface area contributed by atoms with Crippen molar-refractivity contribution in [1.29, 1.82) is 0 Å². The zero-order valence-electron chi connectivity index (χ0n) is 14.1. The number of carbonyl (C=O) groups is 1. The van der Waals surface area contributed by atoms with Gasteiger partial charge in [-0.15, -0.1) is 0 Å². The van der Waals surface area contributed by atoms with Gasteiger partial charge < -0.3 is 9.42 Å². The van der Waals surface area contributed by atoms with Gasteiger partial charge in [-0.1, -0.05) is 35.0 Å². The van der Waals surface area contributed by atoms with E-state index in [1.165, 1.54) is 0 Å². The van der Waals surface area contributed by atoms with Gasteiger partial charge in [0, 0.05) is 30.2 Å². The maximum atomic E-state index is 13.1. The highest BCUT2D eigenvalue weighted by Crippen LogP contribution is 2.40. The topological polar surface area (TPSA) is 59.2 Å². The van der Waals surface area contributed by atoms with E-state index in [-0.39, 0.29) is 5.91 Å². The largest absolute Gasteiger partial charge is 0.337 e. The van der Waals surface area contributed by atoms with Crippen LogP contribution in [0.2, 0.25) is 5.02 Å². The van der Waals surface area contributed by atoms with Crippen molar-refractivity contribution in [3.8, 4) is 0 Å². The van der Waals surface area contributed by atoms with E-state index < -0.39 is 0 Å². The molecule has 0 spiro atoms. The molecule has 1 aliphatic rings. The molecule has 1 fully saturated rings. The highest BCUT2D eigenvalue weighted by Gasteiger charge is 2.29. The number of halogens is 1. The number of amides is 1. The summed E-state index contributed by atoms with van der Waals surface area (Å²) >= 11 is 6.22. The number of rotatable bonds is 4. The SMILES string of the molecule is Cc1noc2nc(C3CC3)cc(C(=O)N(C)Cc3ccccc3Cl)c12. The molecule has 25 heavy (non-hydrogen) atoms. The summed E-state index contributed by atoms with van der Waals surface area (Å²) < 4.78 is 5.32. The molecular formula is C19H18ClN3O2. The predicted molar refractivity (Wildman–Crippen MR) is 95.8 cm³/mol. The van der Waals surface area contributed by atoms with Gasteiger partial charge in [-0.2, -0.15) is 0 Å². The Labute approximate surface area is 150 Å². The molecule has 128 valence electrons. The van der Waals surface area contributed by atoms with Crippen molar-refractivity contribution >= 4 is 28.6 Å². The van der Waals surface area contributed by atoms with E-state index in [9.17, 15) is 4.79 Å². The quantitative estimate of drug-likeness (QED) is 0.698. The molecule has 0 unspecified atom stereocenters. The smallest absolute Gasteiger partial charge is 0.259 e. The van der Waals surface area contributed by atoms with Gasteiger partial charge >= 0.3 is 0 Å². The molecule has 0 bridgehead atoms. The third-order valence-electron chi connectivity index (χ3n) is 4.57. The summed E-state index contributed by atoms with van der Waals surface area (Å²) in [6, 6.07) is 9.45. The van der Waals surface area contributed by atoms with Crippen molar-refractivity contribution < 1.29 is 9.32 Å². The van der Waals surface area contributed by atoms with E-state index in [1.807, 2.05) is 37.3 Å². The van der Waals surface area contributed by atoms with Gasteiger partial charge in [0.15, 0.2) is 0 Å². The number of nitrogens with zero attached hydrogens (tertiary/aromatic N) is 3. The van der Waals surface area contributed by atoms with Crippen LogP contribution in [0.4, 0.5) is 0 Å². The maximum absolute atomic E-state index is 13.1. The summed E-state index contributed by atoms with van der Waals surface area (Å²) in [7, 11) is 1.78. The number of fused-ring (bicyclic) bond motifs is 1. The lowest BCUT2D eigenvalue weighted by Crippen LogP contribution is -2.26. The number of benzene rings is 1. The Morgan fingerprint density at radius 2 is 2.12 bits per heavy atom. The third-order valence-corrected chi connectivity index (χ3v) is 4.94. The van der Waals surface area contributed by atoms with Crippen LogP contribution in [0.1, 0.15) is 46.1 Å². The maximum Gasteiger partial charge on any atom is 0.259 e. The number of hydrogen-bond donors (Lipinski definition) is 0. The molecule has 0 aliphatic heterocycles. The van der Waals surface area contributed by atoms with Crippen LogP contribution in [-0.4, -0.2) is 28.0 Å². The Hall–Kier alpha value is -2.40. The minimum absolute atomic E-state index is 0.0829. The van der Waals surface area contributed by atoms with Crippen LogP contribution in [0.3, 0.4) is 0 Å². The van der Waals surface area contributed by atoms with E-state index in [4.69, 9.17) is 16.1 Å². The Balaban J connectivity index is 1.71. The molecule has 2 heterocycles. The van der Waals surface area contributed by atoms with E-state index in [1.54, 1.807) is 11.9 Å². The fourth-order valence-electron chi connectivity index (χ4n) is 3.03. The van der Waals surface area contributed by atoms with Gasteiger partial charge in [0.1, 0.15) is 0 Å². The second kappa shape index (κ2) is 6.15. The number of hydrogen-bond acceptors (Lipinski definition) is 4. The van der Waals surface area contributed by atoms with E-state index in [0.717, 1.165) is 24.1 Å². The van der Waals surface area contributed by atoms with Gasteiger partial charge in [0.25, 0.3) is 11.6 Å². The molecule has 1 amide bonds. The molecule has 4 rings (SSSR count). The van der Waals surface area contributed by atoms with Crippen molar-refractivity contribution in [2.24, 2.45) is 0 Å². The van der Waals surface area contributed by atoms with E-state index in [0.29, 0.717) is 39.8 Å². The minimum Gasteiger partial charge on any atom is -0.337 e. The lowest BCUT2D eigenvalue weighted by atomic mass is 10.1. The first-order valence-corrected chi connectivity index (χ1v) is 8.68. The first-order valence-electron chi connectivity index (χ1n) is 8.30. The average Bonchev–Trinajstić information content (AvgIpc) is 3.39. The first kappa shape index (κ1) is 16.1. The van der Waals surface area contributed by atoms with Crippen molar-refractivity contribution in [3.63, 3.8) is 0 Å². The molecular weight excluding hydrogens is 338 g/mol. The molecule has 2 aromatic heterocycles. The summed E-state index contributed by atoms with van der Waals surface area (Å²) in [5.41, 5.74) is 3.55. The molecule has 5 nitrogen and oxygen atoms in total. The molecule has 0 atom stereocenters.